The van der Waals surface area contributed by atoms with Gasteiger partial charge in [0.25, 0.3) is 0 Å². The van der Waals surface area contributed by atoms with E-state index in [-0.39, 0.29) is 16.5 Å². The molecule has 0 heterocycles. The maximum atomic E-state index is 11.3. The molecule has 0 radical (unpaired) electrons. The number of nitriles is 1. The van der Waals surface area contributed by atoms with Crippen LogP contribution < -0.4 is 10.2 Å². The lowest BCUT2D eigenvalue weighted by Crippen LogP contribution is -2.24. The van der Waals surface area contributed by atoms with Gasteiger partial charge in [-0.1, -0.05) is 6.07 Å². The highest BCUT2D eigenvalue weighted by Gasteiger charge is 2.22. The van der Waals surface area contributed by atoms with Crippen LogP contribution in [0.4, 0.5) is 17.1 Å². The Kier molecular flexibility index (Phi) is 5.12. The highest BCUT2D eigenvalue weighted by Crippen LogP contribution is 2.35. The van der Waals surface area contributed by atoms with Gasteiger partial charge in [-0.05, 0) is 26.0 Å². The minimum atomic E-state index is -0.388. The Morgan fingerprint density at radius 1 is 1.58 bits per heavy atom. The number of nitro benzene ring substituents is 1. The Morgan fingerprint density at radius 2 is 2.26 bits per heavy atom. The predicted molar refractivity (Wildman–Crippen MR) is 75.3 cm³/mol. The van der Waals surface area contributed by atoms with Gasteiger partial charge in [-0.25, -0.2) is 0 Å². The Morgan fingerprint density at radius 3 is 2.79 bits per heavy atom. The van der Waals surface area contributed by atoms with Crippen LogP contribution >= 0.6 is 0 Å². The molecule has 19 heavy (non-hydrogen) atoms. The largest absolute Gasteiger partial charge is 0.380 e. The maximum Gasteiger partial charge on any atom is 0.315 e. The van der Waals surface area contributed by atoms with E-state index in [0.717, 1.165) is 0 Å². The molecule has 0 saturated heterocycles. The van der Waals surface area contributed by atoms with Crippen molar-refractivity contribution in [1.82, 2.24) is 0 Å². The van der Waals surface area contributed by atoms with Crippen LogP contribution in [0.15, 0.2) is 18.2 Å². The van der Waals surface area contributed by atoms with E-state index in [4.69, 9.17) is 5.26 Å². The van der Waals surface area contributed by atoms with Crippen LogP contribution in [0.2, 0.25) is 0 Å². The predicted octanol–water partition coefficient (Wildman–Crippen LogP) is 2.62. The van der Waals surface area contributed by atoms with Crippen LogP contribution in [0.5, 0.6) is 0 Å². The molecule has 6 nitrogen and oxygen atoms in total. The lowest BCUT2D eigenvalue weighted by molar-refractivity contribution is -0.383. The number of nitro groups is 1. The molecule has 0 fully saturated rings. The van der Waals surface area contributed by atoms with E-state index in [9.17, 15) is 10.1 Å². The molecule has 0 aliphatic rings. The van der Waals surface area contributed by atoms with Crippen molar-refractivity contribution < 1.29 is 4.92 Å². The fraction of sp³-hybridized carbons (Fsp3) is 0.462. The number of para-hydroxylation sites is 1. The van der Waals surface area contributed by atoms with E-state index in [1.807, 2.05) is 6.92 Å². The van der Waals surface area contributed by atoms with Crippen molar-refractivity contribution in [3.63, 3.8) is 0 Å². The van der Waals surface area contributed by atoms with Crippen LogP contribution in [-0.2, 0) is 0 Å². The summed E-state index contributed by atoms with van der Waals surface area (Å²) < 4.78 is 0. The molecule has 1 aromatic rings. The second-order valence-electron chi connectivity index (χ2n) is 4.37. The van der Waals surface area contributed by atoms with Crippen molar-refractivity contribution >= 4 is 17.1 Å². The van der Waals surface area contributed by atoms with Crippen molar-refractivity contribution in [3.8, 4) is 6.07 Å². The summed E-state index contributed by atoms with van der Waals surface area (Å²) in [5, 5.41) is 23.1. The summed E-state index contributed by atoms with van der Waals surface area (Å²) in [6, 6.07) is 7.28. The molecule has 1 rings (SSSR count). The first-order chi connectivity index (χ1) is 9.01. The highest BCUT2D eigenvalue weighted by molar-refractivity contribution is 5.76. The zero-order valence-corrected chi connectivity index (χ0v) is 11.4. The first-order valence-corrected chi connectivity index (χ1v) is 6.13. The van der Waals surface area contributed by atoms with Gasteiger partial charge in [-0.2, -0.15) is 5.26 Å². The number of nitrogens with zero attached hydrogens (tertiary/aromatic N) is 3. The highest BCUT2D eigenvalue weighted by atomic mass is 16.6. The molecule has 0 aliphatic carbocycles. The number of rotatable bonds is 6. The van der Waals surface area contributed by atoms with Crippen molar-refractivity contribution in [2.45, 2.75) is 13.8 Å². The van der Waals surface area contributed by atoms with Gasteiger partial charge in [0.05, 0.1) is 16.9 Å². The molecule has 1 N–H and O–H groups in total. The van der Waals surface area contributed by atoms with Gasteiger partial charge in [0, 0.05) is 20.1 Å². The van der Waals surface area contributed by atoms with Crippen molar-refractivity contribution in [1.29, 1.82) is 5.26 Å². The molecule has 0 amide bonds. The van der Waals surface area contributed by atoms with E-state index >= 15 is 0 Å². The molecule has 1 atom stereocenters. The topological polar surface area (TPSA) is 82.2 Å². The number of benzene rings is 1. The Hall–Kier alpha value is -2.29. The molecule has 1 aromatic carbocycles. The molecule has 0 aromatic heterocycles. The standard InChI is InChI=1S/C13H18N4O2/c1-4-15-11-6-5-7-12(13(11)17(18)19)16(3)9-10(2)8-14/h5-7,10,15H,4,9H2,1-3H3. The minimum absolute atomic E-state index is 0.0528. The second kappa shape index (κ2) is 6.59. The molecular weight excluding hydrogens is 244 g/mol. The summed E-state index contributed by atoms with van der Waals surface area (Å²) in [4.78, 5) is 12.6. The zero-order chi connectivity index (χ0) is 14.4. The molecule has 0 aliphatic heterocycles. The van der Waals surface area contributed by atoms with E-state index in [0.29, 0.717) is 24.5 Å². The first-order valence-electron chi connectivity index (χ1n) is 6.13. The third-order valence-corrected chi connectivity index (χ3v) is 2.74. The van der Waals surface area contributed by atoms with Gasteiger partial charge < -0.3 is 10.2 Å². The summed E-state index contributed by atoms with van der Waals surface area (Å²) in [5.41, 5.74) is 1.07. The Bertz CT molecular complexity index is 496. The maximum absolute atomic E-state index is 11.3. The molecule has 102 valence electrons. The smallest absolute Gasteiger partial charge is 0.315 e. The van der Waals surface area contributed by atoms with Gasteiger partial charge in [0.15, 0.2) is 0 Å². The first kappa shape index (κ1) is 14.8. The van der Waals surface area contributed by atoms with Gasteiger partial charge in [-0.15, -0.1) is 0 Å². The summed E-state index contributed by atoms with van der Waals surface area (Å²) in [5.74, 6) is -0.188. The van der Waals surface area contributed by atoms with Crippen LogP contribution in [0.3, 0.4) is 0 Å². The van der Waals surface area contributed by atoms with Crippen molar-refractivity contribution in [2.75, 3.05) is 30.4 Å². The average molecular weight is 262 g/mol. The molecule has 0 spiro atoms. The number of anilines is 2. The molecule has 0 saturated carbocycles. The Balaban J connectivity index is 3.16. The fourth-order valence-electron chi connectivity index (χ4n) is 1.91. The number of nitrogens with one attached hydrogen (secondary N) is 1. The molecule has 0 bridgehead atoms. The average Bonchev–Trinajstić information content (AvgIpc) is 2.38. The molecule has 1 unspecified atom stereocenters. The quantitative estimate of drug-likeness (QED) is 0.629. The summed E-state index contributed by atoms with van der Waals surface area (Å²) in [7, 11) is 1.76. The van der Waals surface area contributed by atoms with Gasteiger partial charge >= 0.3 is 5.69 Å². The van der Waals surface area contributed by atoms with Crippen LogP contribution in [-0.4, -0.2) is 25.1 Å². The zero-order valence-electron chi connectivity index (χ0n) is 11.4. The molecular formula is C13H18N4O2. The van der Waals surface area contributed by atoms with Crippen molar-refractivity contribution in [3.05, 3.63) is 28.3 Å². The summed E-state index contributed by atoms with van der Waals surface area (Å²) in [6.07, 6.45) is 0. The summed E-state index contributed by atoms with van der Waals surface area (Å²) >= 11 is 0. The van der Waals surface area contributed by atoms with Gasteiger partial charge in [-0.3, -0.25) is 10.1 Å². The summed E-state index contributed by atoms with van der Waals surface area (Å²) in [6.45, 7) is 4.74. The van der Waals surface area contributed by atoms with E-state index < -0.39 is 0 Å². The lowest BCUT2D eigenvalue weighted by Gasteiger charge is -2.21. The second-order valence-corrected chi connectivity index (χ2v) is 4.37. The fourth-order valence-corrected chi connectivity index (χ4v) is 1.91. The lowest BCUT2D eigenvalue weighted by atomic mass is 10.1. The van der Waals surface area contributed by atoms with Crippen LogP contribution in [0.25, 0.3) is 0 Å². The normalized spacial score (nSPS) is 11.5. The van der Waals surface area contributed by atoms with Gasteiger partial charge in [0.1, 0.15) is 11.4 Å². The monoisotopic (exact) mass is 262 g/mol. The van der Waals surface area contributed by atoms with Crippen LogP contribution in [0.1, 0.15) is 13.8 Å². The van der Waals surface area contributed by atoms with Gasteiger partial charge in [0.2, 0.25) is 0 Å². The van der Waals surface area contributed by atoms with E-state index in [1.54, 1.807) is 37.1 Å². The minimum Gasteiger partial charge on any atom is -0.380 e. The van der Waals surface area contributed by atoms with E-state index in [2.05, 4.69) is 11.4 Å². The van der Waals surface area contributed by atoms with E-state index in [1.165, 1.54) is 0 Å². The van der Waals surface area contributed by atoms with Crippen molar-refractivity contribution in [2.24, 2.45) is 5.92 Å². The van der Waals surface area contributed by atoms with Crippen LogP contribution in [0, 0.1) is 27.4 Å². The Labute approximate surface area is 112 Å². The molecule has 6 heteroatoms. The number of hydrogen-bond acceptors (Lipinski definition) is 5. The number of hydrogen-bond donors (Lipinski definition) is 1. The third kappa shape index (κ3) is 3.58. The third-order valence-electron chi connectivity index (χ3n) is 2.74. The SMILES string of the molecule is CCNc1cccc(N(C)CC(C)C#N)c1[N+](=O)[O-].